The Kier molecular flexibility index (Phi) is 8.69. The van der Waals surface area contributed by atoms with Gasteiger partial charge in [0.2, 0.25) is 5.91 Å². The number of nitrogens with one attached hydrogen (secondary N) is 1. The van der Waals surface area contributed by atoms with Gasteiger partial charge in [-0.25, -0.2) is 0 Å². The SMILES string of the molecule is COc1ccccc1/C=C(\SC)C(=O)N(C=S)CCC(=O)Nc1cccc(O)c1. The van der Waals surface area contributed by atoms with E-state index in [1.165, 1.54) is 34.3 Å². The van der Waals surface area contributed by atoms with Gasteiger partial charge in [0.25, 0.3) is 5.91 Å². The van der Waals surface area contributed by atoms with Crippen molar-refractivity contribution in [2.24, 2.45) is 0 Å². The van der Waals surface area contributed by atoms with Crippen LogP contribution in [0.4, 0.5) is 5.69 Å². The van der Waals surface area contributed by atoms with E-state index in [9.17, 15) is 14.7 Å². The van der Waals surface area contributed by atoms with Crippen LogP contribution in [0.3, 0.4) is 0 Å². The standard InChI is InChI=1S/C21H22N2O4S2/c1-27-18-9-4-3-6-15(18)12-19(29-2)21(26)23(14-28)11-10-20(25)22-16-7-5-8-17(24)13-16/h3-9,12-14,24H,10-11H2,1-2H3,(H,22,25)/b19-12-. The van der Waals surface area contributed by atoms with Crippen LogP contribution in [0.1, 0.15) is 12.0 Å². The predicted molar refractivity (Wildman–Crippen MR) is 121 cm³/mol. The lowest BCUT2D eigenvalue weighted by atomic mass is 10.2. The van der Waals surface area contributed by atoms with E-state index in [2.05, 4.69) is 5.32 Å². The molecule has 0 atom stereocenters. The molecule has 2 N–H and O–H groups in total. The molecule has 0 heterocycles. The molecule has 2 aromatic carbocycles. The average molecular weight is 431 g/mol. The van der Waals surface area contributed by atoms with Crippen molar-refractivity contribution in [2.75, 3.05) is 25.2 Å². The molecule has 0 fully saturated rings. The highest BCUT2D eigenvalue weighted by molar-refractivity contribution is 8.03. The number of phenols is 1. The summed E-state index contributed by atoms with van der Waals surface area (Å²) in [5.74, 6) is 0.143. The smallest absolute Gasteiger partial charge is 0.264 e. The molecule has 6 nitrogen and oxygen atoms in total. The fourth-order valence-electron chi connectivity index (χ4n) is 2.51. The van der Waals surface area contributed by atoms with Crippen LogP contribution in [0.25, 0.3) is 6.08 Å². The highest BCUT2D eigenvalue weighted by atomic mass is 32.2. The molecule has 0 aromatic heterocycles. The van der Waals surface area contributed by atoms with E-state index >= 15 is 0 Å². The summed E-state index contributed by atoms with van der Waals surface area (Å²) in [6.45, 7) is 0.136. The third-order valence-corrected chi connectivity index (χ3v) is 4.94. The van der Waals surface area contributed by atoms with Gasteiger partial charge >= 0.3 is 0 Å². The van der Waals surface area contributed by atoms with Gasteiger partial charge in [-0.3, -0.25) is 9.59 Å². The summed E-state index contributed by atoms with van der Waals surface area (Å²) >= 11 is 6.28. The van der Waals surface area contributed by atoms with Gasteiger partial charge in [0.05, 0.1) is 17.5 Å². The van der Waals surface area contributed by atoms with E-state index in [4.69, 9.17) is 17.0 Å². The minimum Gasteiger partial charge on any atom is -0.508 e. The van der Waals surface area contributed by atoms with E-state index in [1.54, 1.807) is 31.6 Å². The third kappa shape index (κ3) is 6.62. The van der Waals surface area contributed by atoms with Crippen LogP contribution in [-0.2, 0) is 9.59 Å². The second-order valence-electron chi connectivity index (χ2n) is 5.91. The number of ether oxygens (including phenoxy) is 1. The summed E-state index contributed by atoms with van der Waals surface area (Å²) in [4.78, 5) is 26.8. The van der Waals surface area contributed by atoms with Crippen LogP contribution in [0.15, 0.2) is 53.4 Å². The maximum absolute atomic E-state index is 12.9. The highest BCUT2D eigenvalue weighted by Crippen LogP contribution is 2.25. The molecule has 0 bridgehead atoms. The largest absolute Gasteiger partial charge is 0.508 e. The molecule has 0 spiro atoms. The number of carbonyl (C=O) groups is 2. The molecule has 0 saturated carbocycles. The molecule has 0 saturated heterocycles. The predicted octanol–water partition coefficient (Wildman–Crippen LogP) is 3.92. The first-order valence-corrected chi connectivity index (χ1v) is 10.4. The monoisotopic (exact) mass is 430 g/mol. The van der Waals surface area contributed by atoms with Crippen LogP contribution in [0, 0.1) is 0 Å². The Hall–Kier alpha value is -2.84. The maximum atomic E-state index is 12.9. The first-order valence-electron chi connectivity index (χ1n) is 8.72. The van der Waals surface area contributed by atoms with E-state index < -0.39 is 0 Å². The van der Waals surface area contributed by atoms with E-state index in [1.807, 2.05) is 24.3 Å². The molecule has 152 valence electrons. The summed E-state index contributed by atoms with van der Waals surface area (Å²) in [5, 5.41) is 12.1. The van der Waals surface area contributed by atoms with Crippen LogP contribution in [0.5, 0.6) is 11.5 Å². The zero-order valence-corrected chi connectivity index (χ0v) is 17.8. The summed E-state index contributed by atoms with van der Waals surface area (Å²) < 4.78 is 5.32. The van der Waals surface area contributed by atoms with Crippen LogP contribution in [0.2, 0.25) is 0 Å². The second-order valence-corrected chi connectivity index (χ2v) is 6.97. The van der Waals surface area contributed by atoms with Crippen molar-refractivity contribution < 1.29 is 19.4 Å². The van der Waals surface area contributed by atoms with Gasteiger partial charge in [-0.2, -0.15) is 0 Å². The normalized spacial score (nSPS) is 10.9. The molecule has 0 radical (unpaired) electrons. The first-order chi connectivity index (χ1) is 14.0. The van der Waals surface area contributed by atoms with Crippen molar-refractivity contribution in [3.63, 3.8) is 0 Å². The molecule has 0 unspecified atom stereocenters. The lowest BCUT2D eigenvalue weighted by molar-refractivity contribution is -0.123. The van der Waals surface area contributed by atoms with Gasteiger partial charge in [-0.05, 0) is 30.5 Å². The lowest BCUT2D eigenvalue weighted by Crippen LogP contribution is -2.32. The Bertz CT molecular complexity index is 915. The Morgan fingerprint density at radius 3 is 2.66 bits per heavy atom. The average Bonchev–Trinajstić information content (AvgIpc) is 2.72. The number of amides is 2. The van der Waals surface area contributed by atoms with Crippen LogP contribution < -0.4 is 10.1 Å². The molecular formula is C21H22N2O4S2. The number of hydrogen-bond donors (Lipinski definition) is 2. The number of nitrogens with zero attached hydrogens (tertiary/aromatic N) is 1. The molecule has 2 rings (SSSR count). The number of para-hydroxylation sites is 1. The minimum atomic E-state index is -0.288. The summed E-state index contributed by atoms with van der Waals surface area (Å²) in [5.41, 5.74) is 2.51. The maximum Gasteiger partial charge on any atom is 0.264 e. The molecule has 8 heteroatoms. The van der Waals surface area contributed by atoms with Crippen molar-refractivity contribution in [2.45, 2.75) is 6.42 Å². The molecule has 0 aliphatic heterocycles. The van der Waals surface area contributed by atoms with Gasteiger partial charge in [0, 0.05) is 30.3 Å². The van der Waals surface area contributed by atoms with Crippen molar-refractivity contribution in [1.82, 2.24) is 4.90 Å². The van der Waals surface area contributed by atoms with E-state index in [0.717, 1.165) is 5.56 Å². The van der Waals surface area contributed by atoms with Crippen LogP contribution in [-0.4, -0.2) is 47.2 Å². The minimum absolute atomic E-state index is 0.0598. The Morgan fingerprint density at radius 2 is 2.00 bits per heavy atom. The summed E-state index contributed by atoms with van der Waals surface area (Å²) in [6.07, 6.45) is 3.60. The fraction of sp³-hybridized carbons (Fsp3) is 0.190. The quantitative estimate of drug-likeness (QED) is 0.464. The van der Waals surface area contributed by atoms with Crippen molar-refractivity contribution in [3.8, 4) is 11.5 Å². The number of methoxy groups -OCH3 is 1. The Morgan fingerprint density at radius 1 is 1.24 bits per heavy atom. The van der Waals surface area contributed by atoms with Crippen LogP contribution >= 0.6 is 24.0 Å². The second kappa shape index (κ2) is 11.2. The molecule has 2 aromatic rings. The number of thioether (sulfide) groups is 1. The lowest BCUT2D eigenvalue weighted by Gasteiger charge is -2.18. The first kappa shape index (κ1) is 22.4. The topological polar surface area (TPSA) is 78.9 Å². The number of rotatable bonds is 9. The molecule has 0 aliphatic carbocycles. The number of benzene rings is 2. The van der Waals surface area contributed by atoms with Gasteiger partial charge in [0.15, 0.2) is 0 Å². The van der Waals surface area contributed by atoms with Crippen molar-refractivity contribution in [1.29, 1.82) is 0 Å². The fourth-order valence-corrected chi connectivity index (χ4v) is 3.25. The number of phenolic OH excluding ortho intramolecular Hbond substituents is 1. The number of carbonyl (C=O) groups excluding carboxylic acids is 2. The Balaban J connectivity index is 2.05. The van der Waals surface area contributed by atoms with Gasteiger partial charge in [0.1, 0.15) is 11.5 Å². The van der Waals surface area contributed by atoms with Crippen molar-refractivity contribution >= 4 is 53.0 Å². The number of hydrogen-bond acceptors (Lipinski definition) is 6. The number of aromatic hydroxyl groups is 1. The number of thiocarbonyl (C=S) groups is 1. The molecular weight excluding hydrogens is 408 g/mol. The summed E-state index contributed by atoms with van der Waals surface area (Å²) in [7, 11) is 1.57. The molecule has 29 heavy (non-hydrogen) atoms. The zero-order valence-electron chi connectivity index (χ0n) is 16.1. The highest BCUT2D eigenvalue weighted by Gasteiger charge is 2.18. The number of anilines is 1. The molecule has 0 aliphatic rings. The van der Waals surface area contributed by atoms with E-state index in [-0.39, 0.29) is 30.5 Å². The van der Waals surface area contributed by atoms with Gasteiger partial charge < -0.3 is 20.1 Å². The van der Waals surface area contributed by atoms with Gasteiger partial charge in [-0.1, -0.05) is 36.5 Å². The Labute approximate surface area is 179 Å². The third-order valence-electron chi connectivity index (χ3n) is 3.95. The summed E-state index contributed by atoms with van der Waals surface area (Å²) in [6, 6.07) is 13.6. The molecule has 2 amide bonds. The van der Waals surface area contributed by atoms with E-state index in [0.29, 0.717) is 16.3 Å². The van der Waals surface area contributed by atoms with Gasteiger partial charge in [-0.15, -0.1) is 11.8 Å². The zero-order chi connectivity index (χ0) is 21.2. The van der Waals surface area contributed by atoms with Crippen molar-refractivity contribution in [3.05, 3.63) is 59.0 Å².